The highest BCUT2D eigenvalue weighted by Gasteiger charge is 2.28. The molecule has 2 fully saturated rings. The first-order valence-corrected chi connectivity index (χ1v) is 21.6. The van der Waals surface area contributed by atoms with E-state index in [0.717, 1.165) is 111 Å². The lowest BCUT2D eigenvalue weighted by Crippen LogP contribution is -2.46. The van der Waals surface area contributed by atoms with Crippen molar-refractivity contribution >= 4 is 73.8 Å². The monoisotopic (exact) mass is 822 g/mol. The van der Waals surface area contributed by atoms with Crippen molar-refractivity contribution in [3.63, 3.8) is 0 Å². The summed E-state index contributed by atoms with van der Waals surface area (Å²) in [5.74, 6) is -0.480. The van der Waals surface area contributed by atoms with Gasteiger partial charge in [0.15, 0.2) is 0 Å². The molecule has 2 aliphatic heterocycles. The molecule has 1 atom stereocenters. The molecule has 9 rings (SSSR count). The zero-order valence-electron chi connectivity index (χ0n) is 33.2. The van der Waals surface area contributed by atoms with E-state index in [1.807, 2.05) is 67.5 Å². The quantitative estimate of drug-likeness (QED) is 0.0936. The Labute approximate surface area is 351 Å². The Hall–Kier alpha value is -6.06. The van der Waals surface area contributed by atoms with Gasteiger partial charge in [-0.2, -0.15) is 0 Å². The maximum atomic E-state index is 13.7. The lowest BCUT2D eigenvalue weighted by Gasteiger charge is -2.37. The Morgan fingerprint density at radius 2 is 1.41 bits per heavy atom. The number of carbonyl (C=O) groups excluding carboxylic acids is 2. The molecule has 7 aromatic rings. The van der Waals surface area contributed by atoms with Crippen LogP contribution < -0.4 is 36.0 Å². The molecule has 2 saturated heterocycles. The number of carbonyl (C=O) groups is 2. The molecule has 4 aromatic carbocycles. The van der Waals surface area contributed by atoms with Crippen molar-refractivity contribution in [2.45, 2.75) is 13.0 Å². The average molecular weight is 823 g/mol. The van der Waals surface area contributed by atoms with Crippen LogP contribution in [0.1, 0.15) is 38.1 Å². The summed E-state index contributed by atoms with van der Waals surface area (Å²) in [5.41, 5.74) is 10.6. The summed E-state index contributed by atoms with van der Waals surface area (Å²) in [6, 6.07) is 28.5. The number of hydrogen-bond acceptors (Lipinski definition) is 11. The van der Waals surface area contributed by atoms with Crippen LogP contribution >= 0.6 is 22.7 Å². The van der Waals surface area contributed by atoms with Crippen molar-refractivity contribution in [2.24, 2.45) is 0 Å². The number of aromatic nitrogens is 3. The van der Waals surface area contributed by atoms with Gasteiger partial charge in [0.05, 0.1) is 28.8 Å². The van der Waals surface area contributed by atoms with E-state index in [-0.39, 0.29) is 17.9 Å². The first kappa shape index (κ1) is 38.5. The number of nitrogens with one attached hydrogen (secondary N) is 5. The van der Waals surface area contributed by atoms with Crippen LogP contribution in [-0.2, 0) is 0 Å². The van der Waals surface area contributed by atoms with Gasteiger partial charge in [0.1, 0.15) is 21.4 Å². The fourth-order valence-electron chi connectivity index (χ4n) is 8.06. The Kier molecular flexibility index (Phi) is 10.9. The van der Waals surface area contributed by atoms with E-state index in [9.17, 15) is 9.59 Å². The molecular formula is C45H46N10O2S2. The number of para-hydroxylation sites is 4. The van der Waals surface area contributed by atoms with Crippen LogP contribution in [0.25, 0.3) is 32.0 Å². The fraction of sp³-hybridized carbons (Fsp3) is 0.244. The number of rotatable bonds is 10. The summed E-state index contributed by atoms with van der Waals surface area (Å²) in [4.78, 5) is 47.1. The molecule has 0 spiro atoms. The second-order valence-electron chi connectivity index (χ2n) is 15.1. The maximum absolute atomic E-state index is 13.7. The maximum Gasteiger partial charge on any atom is 0.275 e. The first-order chi connectivity index (χ1) is 28.8. The van der Waals surface area contributed by atoms with Gasteiger partial charge in [0.25, 0.3) is 11.8 Å². The van der Waals surface area contributed by atoms with E-state index in [4.69, 9.17) is 9.97 Å². The van der Waals surface area contributed by atoms with E-state index >= 15 is 0 Å². The van der Waals surface area contributed by atoms with Crippen LogP contribution in [0.15, 0.2) is 102 Å². The summed E-state index contributed by atoms with van der Waals surface area (Å²) in [6.45, 7) is 7.80. The fourth-order valence-corrected chi connectivity index (χ4v) is 9.69. The van der Waals surface area contributed by atoms with Gasteiger partial charge in [-0.15, -0.1) is 22.7 Å². The number of H-pyrrole nitrogens is 1. The molecule has 300 valence electrons. The highest BCUT2D eigenvalue weighted by atomic mass is 32.1. The molecule has 12 nitrogen and oxygen atoms in total. The minimum atomic E-state index is -0.247. The van der Waals surface area contributed by atoms with Crippen molar-refractivity contribution in [3.8, 4) is 21.1 Å². The predicted octanol–water partition coefficient (Wildman–Crippen LogP) is 7.85. The number of anilines is 5. The van der Waals surface area contributed by atoms with Gasteiger partial charge in [-0.3, -0.25) is 9.59 Å². The van der Waals surface area contributed by atoms with Crippen molar-refractivity contribution in [1.82, 2.24) is 25.6 Å². The highest BCUT2D eigenvalue weighted by Crippen LogP contribution is 2.38. The molecule has 0 bridgehead atoms. The number of aromatic amines is 1. The number of aryl methyl sites for hydroxylation is 1. The number of hydrogen-bond donors (Lipinski definition) is 5. The summed E-state index contributed by atoms with van der Waals surface area (Å²) >= 11 is 2.94. The van der Waals surface area contributed by atoms with Crippen LogP contribution in [0.5, 0.6) is 0 Å². The smallest absolute Gasteiger partial charge is 0.275 e. The third kappa shape index (κ3) is 8.04. The van der Waals surface area contributed by atoms with Gasteiger partial charge < -0.3 is 41.0 Å². The number of thiazole rings is 2. The number of piperazine rings is 2. The van der Waals surface area contributed by atoms with Gasteiger partial charge >= 0.3 is 0 Å². The van der Waals surface area contributed by atoms with Crippen LogP contribution in [0.3, 0.4) is 0 Å². The highest BCUT2D eigenvalue weighted by molar-refractivity contribution is 7.13. The molecule has 0 radical (unpaired) electrons. The molecule has 5 heterocycles. The lowest BCUT2D eigenvalue weighted by molar-refractivity contribution is 0.101. The van der Waals surface area contributed by atoms with E-state index < -0.39 is 0 Å². The van der Waals surface area contributed by atoms with E-state index in [1.54, 1.807) is 0 Å². The minimum absolute atomic E-state index is 0.0641. The van der Waals surface area contributed by atoms with E-state index in [2.05, 4.69) is 96.4 Å². The van der Waals surface area contributed by atoms with Gasteiger partial charge in [0.2, 0.25) is 0 Å². The molecule has 2 aliphatic rings. The molecule has 0 aliphatic carbocycles. The molecule has 1 unspecified atom stereocenters. The molecule has 14 heteroatoms. The molecule has 3 aromatic heterocycles. The van der Waals surface area contributed by atoms with Crippen molar-refractivity contribution < 1.29 is 9.59 Å². The Bertz CT molecular complexity index is 2640. The number of benzene rings is 4. The van der Waals surface area contributed by atoms with Crippen LogP contribution in [-0.4, -0.2) is 86.7 Å². The second kappa shape index (κ2) is 16.7. The van der Waals surface area contributed by atoms with Gasteiger partial charge in [-0.05, 0) is 78.7 Å². The summed E-state index contributed by atoms with van der Waals surface area (Å²) < 4.78 is 0. The van der Waals surface area contributed by atoms with E-state index in [1.165, 1.54) is 22.7 Å². The number of fused-ring (bicyclic) bond motifs is 1. The predicted molar refractivity (Wildman–Crippen MR) is 243 cm³/mol. The lowest BCUT2D eigenvalue weighted by atomic mass is 9.96. The molecule has 5 N–H and O–H groups in total. The zero-order chi connectivity index (χ0) is 40.5. The minimum Gasteiger partial charge on any atom is -0.377 e. The summed E-state index contributed by atoms with van der Waals surface area (Å²) in [7, 11) is 4.06. The normalized spacial score (nSPS) is 15.7. The third-order valence-corrected chi connectivity index (χ3v) is 12.8. The van der Waals surface area contributed by atoms with Gasteiger partial charge in [-0.1, -0.05) is 24.3 Å². The van der Waals surface area contributed by atoms with Crippen LogP contribution in [0, 0.1) is 6.92 Å². The molecular weight excluding hydrogens is 777 g/mol. The van der Waals surface area contributed by atoms with Crippen molar-refractivity contribution in [2.75, 3.05) is 85.2 Å². The Balaban J connectivity index is 0.942. The average Bonchev–Trinajstić information content (AvgIpc) is 4.06. The molecule has 59 heavy (non-hydrogen) atoms. The van der Waals surface area contributed by atoms with Crippen LogP contribution in [0.2, 0.25) is 0 Å². The number of amides is 2. The van der Waals surface area contributed by atoms with Gasteiger partial charge in [0, 0.05) is 105 Å². The van der Waals surface area contributed by atoms with Crippen molar-refractivity contribution in [1.29, 1.82) is 0 Å². The third-order valence-electron chi connectivity index (χ3n) is 11.0. The molecule has 2 amide bonds. The summed E-state index contributed by atoms with van der Waals surface area (Å²) in [6.07, 6.45) is 1.95. The second-order valence-corrected chi connectivity index (χ2v) is 16.8. The van der Waals surface area contributed by atoms with E-state index in [0.29, 0.717) is 17.9 Å². The Morgan fingerprint density at radius 1 is 0.763 bits per heavy atom. The Morgan fingerprint density at radius 3 is 2.10 bits per heavy atom. The molecule has 0 saturated carbocycles. The largest absolute Gasteiger partial charge is 0.377 e. The van der Waals surface area contributed by atoms with Crippen LogP contribution in [0.4, 0.5) is 28.4 Å². The SMILES string of the molecule is Cc1cc(-c2nc(C(=O)Nc3ccccc3N3CCNC(c4cc5[nH]ccc5cc4-c4nc(C(=O)Nc5ccccc5N5CCNCC5)cs4)C3)cs2)ccc1N(C)C. The number of nitrogens with zero attached hydrogens (tertiary/aromatic N) is 5. The van der Waals surface area contributed by atoms with Gasteiger partial charge in [-0.25, -0.2) is 9.97 Å². The summed E-state index contributed by atoms with van der Waals surface area (Å²) in [5, 5.41) is 19.8. The topological polar surface area (TPSA) is 134 Å². The van der Waals surface area contributed by atoms with Crippen molar-refractivity contribution in [3.05, 3.63) is 124 Å². The zero-order valence-corrected chi connectivity index (χ0v) is 34.8. The first-order valence-electron chi connectivity index (χ1n) is 19.8. The standard InChI is InChI=1S/C45H46N10O2S2/c1-28-22-30(12-13-39(28)53(2)3)44-51-37(26-58-44)42(56)50-34-9-5-7-11-41(34)55-21-18-48-36(25-55)31-24-35-29(14-15-47-35)23-32(31)45-52-38(27-59-45)43(57)49-33-8-4-6-10-40(33)54-19-16-46-17-20-54/h4-15,22-24,26-27,36,46-48H,16-21,25H2,1-3H3,(H,49,57)(H,50,56).